The molecule has 0 aliphatic heterocycles. The highest BCUT2D eigenvalue weighted by Gasteiger charge is 2.36. The molecule has 0 saturated heterocycles. The molecule has 0 amide bonds. The van der Waals surface area contributed by atoms with Crippen molar-refractivity contribution in [3.8, 4) is 5.75 Å². The van der Waals surface area contributed by atoms with Crippen LogP contribution in [0.3, 0.4) is 0 Å². The van der Waals surface area contributed by atoms with Crippen molar-refractivity contribution in [2.24, 2.45) is 5.41 Å². The summed E-state index contributed by atoms with van der Waals surface area (Å²) in [6.45, 7) is 5.15. The molecule has 1 aromatic carbocycles. The fraction of sp³-hybridized carbons (Fsp3) is 0.647. The van der Waals surface area contributed by atoms with Crippen LogP contribution in [0.5, 0.6) is 5.75 Å². The smallest absolute Gasteiger partial charge is 0.120 e. The quantitative estimate of drug-likeness (QED) is 0.807. The summed E-state index contributed by atoms with van der Waals surface area (Å²) in [7, 11) is 2.08. The summed E-state index contributed by atoms with van der Waals surface area (Å²) in [5.74, 6) is 0.937. The molecule has 1 atom stereocenters. The second-order valence-electron chi connectivity index (χ2n) is 6.05. The molecule has 0 aromatic heterocycles. The third kappa shape index (κ3) is 3.37. The minimum absolute atomic E-state index is 0.350. The number of ether oxygens (including phenoxy) is 1. The number of hydrogen-bond donors (Lipinski definition) is 1. The summed E-state index contributed by atoms with van der Waals surface area (Å²) < 4.78 is 6.72. The van der Waals surface area contributed by atoms with E-state index in [-0.39, 0.29) is 0 Å². The molecule has 1 N–H and O–H groups in total. The molecular formula is C17H26BrNO. The van der Waals surface area contributed by atoms with Gasteiger partial charge in [-0.1, -0.05) is 48.2 Å². The maximum absolute atomic E-state index is 5.58. The Balaban J connectivity index is 2.27. The third-order valence-corrected chi connectivity index (χ3v) is 5.26. The van der Waals surface area contributed by atoms with E-state index in [4.69, 9.17) is 4.74 Å². The summed E-state index contributed by atoms with van der Waals surface area (Å²) >= 11 is 3.73. The second kappa shape index (κ2) is 6.95. The van der Waals surface area contributed by atoms with Crippen LogP contribution in [0.4, 0.5) is 0 Å². The van der Waals surface area contributed by atoms with Crippen molar-refractivity contribution in [2.75, 3.05) is 13.7 Å². The normalized spacial score (nSPS) is 19.6. The Kier molecular flexibility index (Phi) is 5.50. The summed E-state index contributed by atoms with van der Waals surface area (Å²) in [6, 6.07) is 6.78. The fourth-order valence-corrected chi connectivity index (χ4v) is 4.11. The maximum Gasteiger partial charge on any atom is 0.120 e. The van der Waals surface area contributed by atoms with Crippen LogP contribution >= 0.6 is 15.9 Å². The SMILES string of the molecule is CCOc1ccc(C(NC)C2(C)CCCCC2)c(Br)c1. The van der Waals surface area contributed by atoms with E-state index in [1.54, 1.807) is 0 Å². The molecule has 112 valence electrons. The molecule has 20 heavy (non-hydrogen) atoms. The lowest BCUT2D eigenvalue weighted by Gasteiger charge is -2.41. The van der Waals surface area contributed by atoms with Gasteiger partial charge in [0.15, 0.2) is 0 Å². The molecule has 2 rings (SSSR count). The van der Waals surface area contributed by atoms with Gasteiger partial charge in [0.1, 0.15) is 5.75 Å². The zero-order valence-corrected chi connectivity index (χ0v) is 14.4. The first-order chi connectivity index (χ1) is 9.60. The molecule has 1 aliphatic rings. The first-order valence-corrected chi connectivity index (χ1v) is 8.49. The van der Waals surface area contributed by atoms with Crippen LogP contribution < -0.4 is 10.1 Å². The van der Waals surface area contributed by atoms with Crippen LogP contribution in [-0.4, -0.2) is 13.7 Å². The number of halogens is 1. The van der Waals surface area contributed by atoms with Crippen molar-refractivity contribution < 1.29 is 4.74 Å². The van der Waals surface area contributed by atoms with E-state index in [0.717, 1.165) is 10.2 Å². The Morgan fingerprint density at radius 2 is 2.00 bits per heavy atom. The van der Waals surface area contributed by atoms with E-state index in [1.165, 1.54) is 37.7 Å². The Morgan fingerprint density at radius 3 is 2.55 bits per heavy atom. The first kappa shape index (κ1) is 15.8. The van der Waals surface area contributed by atoms with Gasteiger partial charge < -0.3 is 10.1 Å². The molecule has 3 heteroatoms. The van der Waals surface area contributed by atoms with Crippen molar-refractivity contribution in [3.63, 3.8) is 0 Å². The number of hydrogen-bond acceptors (Lipinski definition) is 2. The van der Waals surface area contributed by atoms with Crippen molar-refractivity contribution in [2.45, 2.75) is 52.0 Å². The Bertz CT molecular complexity index is 441. The topological polar surface area (TPSA) is 21.3 Å². The van der Waals surface area contributed by atoms with Crippen LogP contribution in [0, 0.1) is 5.41 Å². The van der Waals surface area contributed by atoms with E-state index in [0.29, 0.717) is 18.1 Å². The molecule has 2 nitrogen and oxygen atoms in total. The molecule has 1 aliphatic carbocycles. The highest BCUT2D eigenvalue weighted by Crippen LogP contribution is 2.47. The van der Waals surface area contributed by atoms with Gasteiger partial charge in [0.25, 0.3) is 0 Å². The molecule has 0 heterocycles. The summed E-state index contributed by atoms with van der Waals surface area (Å²) in [5, 5.41) is 3.55. The van der Waals surface area contributed by atoms with Gasteiger partial charge in [0.05, 0.1) is 6.61 Å². The fourth-order valence-electron chi connectivity index (χ4n) is 3.53. The van der Waals surface area contributed by atoms with E-state index < -0.39 is 0 Å². The van der Waals surface area contributed by atoms with Gasteiger partial charge in [-0.3, -0.25) is 0 Å². The zero-order chi connectivity index (χ0) is 14.6. The largest absolute Gasteiger partial charge is 0.494 e. The summed E-state index contributed by atoms with van der Waals surface area (Å²) in [4.78, 5) is 0. The molecular weight excluding hydrogens is 314 g/mol. The molecule has 1 aromatic rings. The summed E-state index contributed by atoms with van der Waals surface area (Å²) in [6.07, 6.45) is 6.69. The lowest BCUT2D eigenvalue weighted by molar-refractivity contribution is 0.150. The van der Waals surface area contributed by atoms with Crippen LogP contribution in [-0.2, 0) is 0 Å². The predicted octanol–water partition coefficient (Wildman–Crippen LogP) is 5.08. The second-order valence-corrected chi connectivity index (χ2v) is 6.91. The highest BCUT2D eigenvalue weighted by atomic mass is 79.9. The minimum Gasteiger partial charge on any atom is -0.494 e. The number of benzene rings is 1. The highest BCUT2D eigenvalue weighted by molar-refractivity contribution is 9.10. The molecule has 1 unspecified atom stereocenters. The molecule has 0 spiro atoms. The third-order valence-electron chi connectivity index (χ3n) is 4.58. The van der Waals surface area contributed by atoms with Gasteiger partial charge in [-0.25, -0.2) is 0 Å². The zero-order valence-electron chi connectivity index (χ0n) is 12.8. The standard InChI is InChI=1S/C17H26BrNO/c1-4-20-13-8-9-14(15(18)12-13)16(19-3)17(2)10-6-5-7-11-17/h8-9,12,16,19H,4-7,10-11H2,1-3H3. The molecule has 1 fully saturated rings. The van der Waals surface area contributed by atoms with Crippen LogP contribution in [0.1, 0.15) is 57.6 Å². The Morgan fingerprint density at radius 1 is 1.30 bits per heavy atom. The summed E-state index contributed by atoms with van der Waals surface area (Å²) in [5.41, 5.74) is 1.70. The van der Waals surface area contributed by atoms with Crippen molar-refractivity contribution in [3.05, 3.63) is 28.2 Å². The first-order valence-electron chi connectivity index (χ1n) is 7.70. The van der Waals surface area contributed by atoms with Gasteiger partial charge in [-0.15, -0.1) is 0 Å². The lowest BCUT2D eigenvalue weighted by atomic mass is 9.68. The maximum atomic E-state index is 5.58. The van der Waals surface area contributed by atoms with E-state index >= 15 is 0 Å². The monoisotopic (exact) mass is 339 g/mol. The minimum atomic E-state index is 0.350. The van der Waals surface area contributed by atoms with Gasteiger partial charge in [-0.2, -0.15) is 0 Å². The van der Waals surface area contributed by atoms with E-state index in [9.17, 15) is 0 Å². The molecule has 0 bridgehead atoms. The van der Waals surface area contributed by atoms with Crippen LogP contribution in [0.2, 0.25) is 0 Å². The van der Waals surface area contributed by atoms with Gasteiger partial charge in [0, 0.05) is 10.5 Å². The predicted molar refractivity (Wildman–Crippen MR) is 88.3 cm³/mol. The number of rotatable bonds is 5. The van der Waals surface area contributed by atoms with Crippen molar-refractivity contribution >= 4 is 15.9 Å². The Hall–Kier alpha value is -0.540. The van der Waals surface area contributed by atoms with E-state index in [2.05, 4.69) is 53.4 Å². The Labute approximate surface area is 131 Å². The van der Waals surface area contributed by atoms with Gasteiger partial charge in [-0.05, 0) is 49.9 Å². The van der Waals surface area contributed by atoms with Crippen LogP contribution in [0.15, 0.2) is 22.7 Å². The van der Waals surface area contributed by atoms with Crippen LogP contribution in [0.25, 0.3) is 0 Å². The molecule has 0 radical (unpaired) electrons. The van der Waals surface area contributed by atoms with E-state index in [1.807, 2.05) is 6.92 Å². The van der Waals surface area contributed by atoms with Gasteiger partial charge in [0.2, 0.25) is 0 Å². The van der Waals surface area contributed by atoms with Gasteiger partial charge >= 0.3 is 0 Å². The van der Waals surface area contributed by atoms with Crippen molar-refractivity contribution in [1.82, 2.24) is 5.32 Å². The van der Waals surface area contributed by atoms with Crippen molar-refractivity contribution in [1.29, 1.82) is 0 Å². The number of nitrogens with one attached hydrogen (secondary N) is 1. The average molecular weight is 340 g/mol. The lowest BCUT2D eigenvalue weighted by Crippen LogP contribution is -2.36. The average Bonchev–Trinajstić information content (AvgIpc) is 2.43. The molecule has 1 saturated carbocycles.